The highest BCUT2D eigenvalue weighted by atomic mass is 35.5. The van der Waals surface area contributed by atoms with E-state index in [0.717, 1.165) is 5.56 Å². The average Bonchev–Trinajstić information content (AvgIpc) is 3.47. The number of nitrogens with zero attached hydrogens (tertiary/aromatic N) is 3. The third-order valence-corrected chi connectivity index (χ3v) is 6.87. The van der Waals surface area contributed by atoms with Crippen LogP contribution in [0.1, 0.15) is 16.1 Å². The maximum absolute atomic E-state index is 12.5. The van der Waals surface area contributed by atoms with Gasteiger partial charge in [-0.15, -0.1) is 11.3 Å². The number of sulfonamides is 1. The van der Waals surface area contributed by atoms with Crippen molar-refractivity contribution in [3.8, 4) is 5.75 Å². The summed E-state index contributed by atoms with van der Waals surface area (Å²) < 4.78 is 34.3. The average molecular weight is 504 g/mol. The van der Waals surface area contributed by atoms with Crippen molar-refractivity contribution >= 4 is 49.7 Å². The zero-order chi connectivity index (χ0) is 23.4. The molecule has 9 nitrogen and oxygen atoms in total. The predicted molar refractivity (Wildman–Crippen MR) is 126 cm³/mol. The number of amides is 1. The van der Waals surface area contributed by atoms with E-state index in [4.69, 9.17) is 16.3 Å². The zero-order valence-corrected chi connectivity index (χ0v) is 19.6. The molecule has 2 heterocycles. The van der Waals surface area contributed by atoms with E-state index in [1.54, 1.807) is 23.7 Å². The summed E-state index contributed by atoms with van der Waals surface area (Å²) in [6.07, 6.45) is 3.12. The summed E-state index contributed by atoms with van der Waals surface area (Å²) >= 11 is 7.30. The minimum atomic E-state index is -3.77. The van der Waals surface area contributed by atoms with Gasteiger partial charge in [0.15, 0.2) is 17.6 Å². The van der Waals surface area contributed by atoms with Crippen molar-refractivity contribution in [3.63, 3.8) is 0 Å². The molecule has 2 aromatic carbocycles. The monoisotopic (exact) mass is 503 g/mol. The maximum Gasteiger partial charge on any atom is 0.276 e. The summed E-state index contributed by atoms with van der Waals surface area (Å²) in [6.45, 7) is 2.01. The topological polar surface area (TPSA) is 115 Å². The second kappa shape index (κ2) is 9.61. The van der Waals surface area contributed by atoms with Crippen LogP contribution < -0.4 is 14.8 Å². The Kier molecular flexibility index (Phi) is 6.63. The van der Waals surface area contributed by atoms with E-state index in [0.29, 0.717) is 16.5 Å². The standard InChI is InChI=1S/C21H18ClN5O4S2/c1-14-2-7-17(22)19(12-14)31-13-27-10-8-18(25-27)20(28)24-15-3-5-16(6-4-15)33(29,30)26-21-23-9-11-32-21/h2-12H,13H2,1H3,(H,23,26)(H,24,28). The molecule has 4 aromatic rings. The number of halogens is 1. The number of rotatable bonds is 8. The maximum atomic E-state index is 12.5. The number of aryl methyl sites for hydroxylation is 1. The SMILES string of the molecule is Cc1ccc(Cl)c(OCn2ccc(C(=O)Nc3ccc(S(=O)(=O)Nc4nccs4)cc3)n2)c1. The third-order valence-electron chi connectivity index (χ3n) is 4.39. The van der Waals surface area contributed by atoms with Crippen LogP contribution in [0, 0.1) is 6.92 Å². The van der Waals surface area contributed by atoms with Crippen LogP contribution in [0.25, 0.3) is 0 Å². The van der Waals surface area contributed by atoms with Gasteiger partial charge in [-0.3, -0.25) is 9.52 Å². The minimum absolute atomic E-state index is 0.0481. The highest BCUT2D eigenvalue weighted by Gasteiger charge is 2.16. The van der Waals surface area contributed by atoms with Crippen molar-refractivity contribution < 1.29 is 17.9 Å². The fraction of sp³-hybridized carbons (Fsp3) is 0.0952. The fourth-order valence-electron chi connectivity index (χ4n) is 2.77. The highest BCUT2D eigenvalue weighted by Crippen LogP contribution is 2.25. The highest BCUT2D eigenvalue weighted by molar-refractivity contribution is 7.93. The summed E-state index contributed by atoms with van der Waals surface area (Å²) in [6, 6.07) is 12.8. The van der Waals surface area contributed by atoms with Crippen LogP contribution in [0.15, 0.2) is 71.2 Å². The lowest BCUT2D eigenvalue weighted by molar-refractivity contribution is 0.102. The molecular formula is C21H18ClN5O4S2. The molecule has 0 fully saturated rings. The Morgan fingerprint density at radius 1 is 1.18 bits per heavy atom. The van der Waals surface area contributed by atoms with Crippen molar-refractivity contribution in [1.29, 1.82) is 0 Å². The lowest BCUT2D eigenvalue weighted by atomic mass is 10.2. The quantitative estimate of drug-likeness (QED) is 0.368. The van der Waals surface area contributed by atoms with E-state index in [1.807, 2.05) is 19.1 Å². The molecule has 0 atom stereocenters. The van der Waals surface area contributed by atoms with Gasteiger partial charge >= 0.3 is 0 Å². The summed E-state index contributed by atoms with van der Waals surface area (Å²) in [7, 11) is -3.77. The number of nitrogens with one attached hydrogen (secondary N) is 2. The number of hydrogen-bond acceptors (Lipinski definition) is 7. The Labute approximate surface area is 199 Å². The molecule has 0 aliphatic carbocycles. The molecule has 2 aromatic heterocycles. The van der Waals surface area contributed by atoms with E-state index in [9.17, 15) is 13.2 Å². The smallest absolute Gasteiger partial charge is 0.276 e. The second-order valence-corrected chi connectivity index (χ2v) is 9.85. The molecule has 170 valence electrons. The molecule has 2 N–H and O–H groups in total. The lowest BCUT2D eigenvalue weighted by Gasteiger charge is -2.09. The van der Waals surface area contributed by atoms with Gasteiger partial charge < -0.3 is 10.1 Å². The molecular weight excluding hydrogens is 486 g/mol. The van der Waals surface area contributed by atoms with Crippen molar-refractivity contribution in [2.75, 3.05) is 10.0 Å². The van der Waals surface area contributed by atoms with E-state index in [1.165, 1.54) is 46.5 Å². The first-order valence-electron chi connectivity index (χ1n) is 9.56. The lowest BCUT2D eigenvalue weighted by Crippen LogP contribution is -2.15. The molecule has 0 unspecified atom stereocenters. The molecule has 0 aliphatic heterocycles. The molecule has 12 heteroatoms. The van der Waals surface area contributed by atoms with Gasteiger partial charge in [0.1, 0.15) is 5.75 Å². The first-order valence-corrected chi connectivity index (χ1v) is 12.3. The van der Waals surface area contributed by atoms with Gasteiger partial charge in [-0.2, -0.15) is 5.10 Å². The Hall–Kier alpha value is -3.41. The molecule has 0 aliphatic rings. The van der Waals surface area contributed by atoms with E-state index in [2.05, 4.69) is 20.1 Å². The zero-order valence-electron chi connectivity index (χ0n) is 17.2. The first kappa shape index (κ1) is 22.8. The number of aromatic nitrogens is 3. The van der Waals surface area contributed by atoms with Crippen molar-refractivity contribution in [2.24, 2.45) is 0 Å². The van der Waals surface area contributed by atoms with Crippen LogP contribution in [0.2, 0.25) is 5.02 Å². The van der Waals surface area contributed by atoms with Gasteiger partial charge in [-0.25, -0.2) is 18.1 Å². The van der Waals surface area contributed by atoms with Crippen LogP contribution in [0.3, 0.4) is 0 Å². The van der Waals surface area contributed by atoms with Crippen LogP contribution in [-0.2, 0) is 16.8 Å². The Balaban J connectivity index is 1.36. The normalized spacial score (nSPS) is 11.2. The Bertz CT molecular complexity index is 1370. The minimum Gasteiger partial charge on any atom is -0.470 e. The summed E-state index contributed by atoms with van der Waals surface area (Å²) in [4.78, 5) is 16.5. The number of anilines is 2. The van der Waals surface area contributed by atoms with Crippen molar-refractivity contribution in [2.45, 2.75) is 18.6 Å². The molecule has 1 amide bonds. The molecule has 4 rings (SSSR count). The van der Waals surface area contributed by atoms with Crippen LogP contribution in [0.5, 0.6) is 5.75 Å². The summed E-state index contributed by atoms with van der Waals surface area (Å²) in [5, 5.41) is 9.31. The summed E-state index contributed by atoms with van der Waals surface area (Å²) in [5.74, 6) is 0.0800. The van der Waals surface area contributed by atoms with E-state index >= 15 is 0 Å². The van der Waals surface area contributed by atoms with Crippen LogP contribution in [0.4, 0.5) is 10.8 Å². The molecule has 33 heavy (non-hydrogen) atoms. The number of thiazole rings is 1. The number of hydrogen-bond donors (Lipinski definition) is 2. The van der Waals surface area contributed by atoms with Gasteiger partial charge in [0.05, 0.1) is 9.92 Å². The second-order valence-electron chi connectivity index (χ2n) is 6.87. The van der Waals surface area contributed by atoms with Crippen LogP contribution >= 0.6 is 22.9 Å². The predicted octanol–water partition coefficient (Wildman–Crippen LogP) is 4.39. The van der Waals surface area contributed by atoms with Gasteiger partial charge in [0, 0.05) is 23.5 Å². The number of ether oxygens (including phenoxy) is 1. The van der Waals surface area contributed by atoms with Crippen LogP contribution in [-0.4, -0.2) is 29.1 Å². The molecule has 0 saturated carbocycles. The fourth-order valence-corrected chi connectivity index (χ4v) is 4.73. The van der Waals surface area contributed by atoms with Crippen molar-refractivity contribution in [3.05, 3.63) is 82.6 Å². The first-order chi connectivity index (χ1) is 15.8. The van der Waals surface area contributed by atoms with Crippen molar-refractivity contribution in [1.82, 2.24) is 14.8 Å². The number of benzene rings is 2. The summed E-state index contributed by atoms with van der Waals surface area (Å²) in [5.41, 5.74) is 1.61. The third kappa shape index (κ3) is 5.69. The Morgan fingerprint density at radius 2 is 1.97 bits per heavy atom. The van der Waals surface area contributed by atoms with Gasteiger partial charge in [-0.1, -0.05) is 17.7 Å². The molecule has 0 radical (unpaired) electrons. The molecule has 0 bridgehead atoms. The molecule has 0 spiro atoms. The largest absolute Gasteiger partial charge is 0.470 e. The molecule has 0 saturated heterocycles. The Morgan fingerprint density at radius 3 is 2.70 bits per heavy atom. The van der Waals surface area contributed by atoms with Gasteiger partial charge in [0.2, 0.25) is 0 Å². The number of carbonyl (C=O) groups excluding carboxylic acids is 1. The van der Waals surface area contributed by atoms with Gasteiger partial charge in [0.25, 0.3) is 15.9 Å². The van der Waals surface area contributed by atoms with Gasteiger partial charge in [-0.05, 0) is 55.0 Å². The number of carbonyl (C=O) groups is 1. The van der Waals surface area contributed by atoms with E-state index < -0.39 is 15.9 Å². The van der Waals surface area contributed by atoms with E-state index in [-0.39, 0.29) is 22.5 Å².